The van der Waals surface area contributed by atoms with Gasteiger partial charge in [0, 0.05) is 11.5 Å². The third kappa shape index (κ3) is 2.49. The summed E-state index contributed by atoms with van der Waals surface area (Å²) in [6.45, 7) is 5.38. The summed E-state index contributed by atoms with van der Waals surface area (Å²) in [5.74, 6) is 0. The van der Waals surface area contributed by atoms with Crippen LogP contribution in [0.5, 0.6) is 0 Å². The predicted molar refractivity (Wildman–Crippen MR) is 67.4 cm³/mol. The Labute approximate surface area is 99.1 Å². The van der Waals surface area contributed by atoms with Crippen LogP contribution in [-0.4, -0.2) is 23.8 Å². The summed E-state index contributed by atoms with van der Waals surface area (Å²) in [5, 5.41) is 13.2. The Morgan fingerprint density at radius 1 is 1.44 bits per heavy atom. The van der Waals surface area contributed by atoms with Gasteiger partial charge in [-0.2, -0.15) is 0 Å². The molecule has 0 aromatic carbocycles. The van der Waals surface area contributed by atoms with Crippen molar-refractivity contribution in [3.63, 3.8) is 0 Å². The number of aliphatic hydroxyl groups excluding tert-OH is 1. The number of allylic oxidation sites excluding steroid dienone is 1. The van der Waals surface area contributed by atoms with Gasteiger partial charge >= 0.3 is 0 Å². The molecule has 2 unspecified atom stereocenters. The van der Waals surface area contributed by atoms with Gasteiger partial charge in [-0.1, -0.05) is 25.5 Å². The molecule has 0 spiro atoms. The fourth-order valence-electron chi connectivity index (χ4n) is 2.79. The monoisotopic (exact) mass is 223 g/mol. The van der Waals surface area contributed by atoms with Crippen molar-refractivity contribution in [3.05, 3.63) is 11.6 Å². The van der Waals surface area contributed by atoms with E-state index in [1.165, 1.54) is 32.1 Å². The van der Waals surface area contributed by atoms with Crippen molar-refractivity contribution in [1.29, 1.82) is 0 Å². The van der Waals surface area contributed by atoms with Crippen LogP contribution in [0.4, 0.5) is 0 Å². The second-order valence-electron chi connectivity index (χ2n) is 5.94. The lowest BCUT2D eigenvalue weighted by Gasteiger charge is -2.49. The van der Waals surface area contributed by atoms with Crippen LogP contribution >= 0.6 is 0 Å². The van der Waals surface area contributed by atoms with Crippen molar-refractivity contribution in [2.24, 2.45) is 5.41 Å². The van der Waals surface area contributed by atoms with E-state index in [-0.39, 0.29) is 11.5 Å². The topological polar surface area (TPSA) is 32.3 Å². The molecule has 2 aliphatic rings. The van der Waals surface area contributed by atoms with Crippen LogP contribution in [0, 0.1) is 5.41 Å². The van der Waals surface area contributed by atoms with Gasteiger partial charge in [0.15, 0.2) is 0 Å². The first-order valence-corrected chi connectivity index (χ1v) is 6.70. The van der Waals surface area contributed by atoms with Crippen LogP contribution in [-0.2, 0) is 0 Å². The van der Waals surface area contributed by atoms with Crippen molar-refractivity contribution in [3.8, 4) is 0 Å². The molecule has 2 rings (SSSR count). The highest BCUT2D eigenvalue weighted by molar-refractivity contribution is 5.06. The zero-order valence-corrected chi connectivity index (χ0v) is 10.6. The highest BCUT2D eigenvalue weighted by atomic mass is 16.3. The Morgan fingerprint density at radius 3 is 2.81 bits per heavy atom. The summed E-state index contributed by atoms with van der Waals surface area (Å²) < 4.78 is 0. The Hall–Kier alpha value is -0.340. The Bertz CT molecular complexity index is 270. The lowest BCUT2D eigenvalue weighted by molar-refractivity contribution is -0.0720. The first-order chi connectivity index (χ1) is 7.60. The molecule has 1 saturated carbocycles. The van der Waals surface area contributed by atoms with Crippen LogP contribution in [0.1, 0.15) is 52.4 Å². The summed E-state index contributed by atoms with van der Waals surface area (Å²) in [5.41, 5.74) is 1.71. The molecule has 16 heavy (non-hydrogen) atoms. The average molecular weight is 223 g/mol. The SMILES string of the molecule is CC1(C)C(O)CC1NCCC1=CCCCC1. The molecule has 2 N–H and O–H groups in total. The fraction of sp³-hybridized carbons (Fsp3) is 0.857. The molecule has 0 aliphatic heterocycles. The molecule has 0 aromatic heterocycles. The fourth-order valence-corrected chi connectivity index (χ4v) is 2.79. The van der Waals surface area contributed by atoms with Gasteiger partial charge in [-0.15, -0.1) is 0 Å². The molecule has 0 heterocycles. The van der Waals surface area contributed by atoms with E-state index in [4.69, 9.17) is 0 Å². The Morgan fingerprint density at radius 2 is 2.25 bits per heavy atom. The van der Waals surface area contributed by atoms with Crippen LogP contribution in [0.2, 0.25) is 0 Å². The zero-order chi connectivity index (χ0) is 11.6. The van der Waals surface area contributed by atoms with Gasteiger partial charge in [0.1, 0.15) is 0 Å². The Kier molecular flexibility index (Phi) is 3.70. The van der Waals surface area contributed by atoms with Crippen molar-refractivity contribution >= 4 is 0 Å². The number of rotatable bonds is 4. The molecular weight excluding hydrogens is 198 g/mol. The minimum absolute atomic E-state index is 0.0704. The summed E-state index contributed by atoms with van der Waals surface area (Å²) >= 11 is 0. The maximum Gasteiger partial charge on any atom is 0.0621 e. The lowest BCUT2D eigenvalue weighted by Crippen LogP contribution is -2.60. The molecule has 2 nitrogen and oxygen atoms in total. The predicted octanol–water partition coefficient (Wildman–Crippen LogP) is 2.63. The minimum Gasteiger partial charge on any atom is -0.392 e. The standard InChI is InChI=1S/C14H25NO/c1-14(2)12(10-13(14)16)15-9-8-11-6-4-3-5-7-11/h6,12-13,15-16H,3-5,7-10H2,1-2H3. The summed E-state index contributed by atoms with van der Waals surface area (Å²) in [6, 6.07) is 0.506. The molecule has 0 amide bonds. The number of aliphatic hydroxyl groups is 1. The molecule has 0 aromatic rings. The van der Waals surface area contributed by atoms with E-state index in [0.717, 1.165) is 13.0 Å². The van der Waals surface area contributed by atoms with Gasteiger partial charge in [0.05, 0.1) is 6.10 Å². The third-order valence-electron chi connectivity index (χ3n) is 4.44. The zero-order valence-electron chi connectivity index (χ0n) is 10.6. The Balaban J connectivity index is 1.67. The summed E-state index contributed by atoms with van der Waals surface area (Å²) in [4.78, 5) is 0. The van der Waals surface area contributed by atoms with Crippen molar-refractivity contribution < 1.29 is 5.11 Å². The maximum absolute atomic E-state index is 9.64. The van der Waals surface area contributed by atoms with Gasteiger partial charge in [-0.3, -0.25) is 0 Å². The van der Waals surface area contributed by atoms with Crippen molar-refractivity contribution in [2.75, 3.05) is 6.54 Å². The lowest BCUT2D eigenvalue weighted by atomic mass is 9.64. The second kappa shape index (κ2) is 4.89. The molecule has 0 radical (unpaired) electrons. The van der Waals surface area contributed by atoms with Crippen LogP contribution in [0.3, 0.4) is 0 Å². The van der Waals surface area contributed by atoms with E-state index in [1.807, 2.05) is 0 Å². The first kappa shape index (κ1) is 12.1. The molecule has 2 heteroatoms. The molecule has 1 fully saturated rings. The summed E-state index contributed by atoms with van der Waals surface area (Å²) in [7, 11) is 0. The van der Waals surface area contributed by atoms with Crippen LogP contribution in [0.15, 0.2) is 11.6 Å². The van der Waals surface area contributed by atoms with Gasteiger partial charge in [0.25, 0.3) is 0 Å². The van der Waals surface area contributed by atoms with Gasteiger partial charge in [-0.25, -0.2) is 0 Å². The average Bonchev–Trinajstić information content (AvgIpc) is 2.29. The molecule has 0 bridgehead atoms. The van der Waals surface area contributed by atoms with E-state index in [2.05, 4.69) is 25.2 Å². The molecule has 92 valence electrons. The first-order valence-electron chi connectivity index (χ1n) is 6.70. The molecular formula is C14H25NO. The number of hydrogen-bond acceptors (Lipinski definition) is 2. The maximum atomic E-state index is 9.64. The largest absolute Gasteiger partial charge is 0.392 e. The highest BCUT2D eigenvalue weighted by Crippen LogP contribution is 2.40. The number of hydrogen-bond donors (Lipinski definition) is 2. The van der Waals surface area contributed by atoms with E-state index < -0.39 is 0 Å². The van der Waals surface area contributed by atoms with Crippen LogP contribution in [0.25, 0.3) is 0 Å². The minimum atomic E-state index is -0.112. The van der Waals surface area contributed by atoms with Gasteiger partial charge in [0.2, 0.25) is 0 Å². The van der Waals surface area contributed by atoms with Crippen LogP contribution < -0.4 is 5.32 Å². The quantitative estimate of drug-likeness (QED) is 0.718. The van der Waals surface area contributed by atoms with E-state index >= 15 is 0 Å². The van der Waals surface area contributed by atoms with E-state index in [9.17, 15) is 5.11 Å². The second-order valence-corrected chi connectivity index (χ2v) is 5.94. The van der Waals surface area contributed by atoms with Gasteiger partial charge in [-0.05, 0) is 45.1 Å². The van der Waals surface area contributed by atoms with Crippen molar-refractivity contribution in [1.82, 2.24) is 5.32 Å². The van der Waals surface area contributed by atoms with E-state index in [1.54, 1.807) is 5.57 Å². The van der Waals surface area contributed by atoms with E-state index in [0.29, 0.717) is 6.04 Å². The van der Waals surface area contributed by atoms with Crippen molar-refractivity contribution in [2.45, 2.75) is 64.5 Å². The molecule has 2 atom stereocenters. The van der Waals surface area contributed by atoms with Gasteiger partial charge < -0.3 is 10.4 Å². The molecule has 2 aliphatic carbocycles. The third-order valence-corrected chi connectivity index (χ3v) is 4.44. The normalized spacial score (nSPS) is 33.1. The smallest absolute Gasteiger partial charge is 0.0621 e. The highest BCUT2D eigenvalue weighted by Gasteiger charge is 2.46. The molecule has 0 saturated heterocycles. The summed E-state index contributed by atoms with van der Waals surface area (Å²) in [6.07, 6.45) is 9.76. The number of nitrogens with one attached hydrogen (secondary N) is 1.